The van der Waals surface area contributed by atoms with Gasteiger partial charge in [0.2, 0.25) is 0 Å². The Morgan fingerprint density at radius 3 is 2.74 bits per heavy atom. The van der Waals surface area contributed by atoms with E-state index in [1.165, 1.54) is 13.0 Å². The first-order chi connectivity index (χ1) is 8.99. The Kier molecular flexibility index (Phi) is 4.14. The molecule has 1 aromatic rings. The van der Waals surface area contributed by atoms with Crippen molar-refractivity contribution in [3.05, 3.63) is 34.9 Å². The predicted octanol–water partition coefficient (Wildman–Crippen LogP) is 2.13. The first-order valence-electron chi connectivity index (χ1n) is 6.48. The molecule has 1 saturated carbocycles. The molecule has 0 radical (unpaired) electrons. The van der Waals surface area contributed by atoms with Crippen molar-refractivity contribution in [1.29, 1.82) is 0 Å². The standard InChI is InChI=1S/C14H18F2N2O/c1-8-5-10(12(16)6-11(8)15)14(19)18-7-9-3-2-4-13(9)17/h5-6,9,13H,2-4,7,17H2,1H3,(H,18,19). The highest BCUT2D eigenvalue weighted by molar-refractivity contribution is 5.94. The van der Waals surface area contributed by atoms with Crippen molar-refractivity contribution in [2.75, 3.05) is 6.54 Å². The lowest BCUT2D eigenvalue weighted by atomic mass is 10.0. The Morgan fingerprint density at radius 2 is 2.11 bits per heavy atom. The second-order valence-corrected chi connectivity index (χ2v) is 5.15. The molecule has 0 aromatic heterocycles. The van der Waals surface area contributed by atoms with E-state index in [-0.39, 0.29) is 23.1 Å². The molecule has 0 aliphatic heterocycles. The molecule has 1 aromatic carbocycles. The minimum atomic E-state index is -0.837. The third-order valence-corrected chi connectivity index (χ3v) is 3.74. The van der Waals surface area contributed by atoms with E-state index in [4.69, 9.17) is 5.73 Å². The van der Waals surface area contributed by atoms with Crippen LogP contribution in [0.4, 0.5) is 8.78 Å². The summed E-state index contributed by atoms with van der Waals surface area (Å²) < 4.78 is 26.7. The molecule has 1 aliphatic rings. The van der Waals surface area contributed by atoms with Crippen molar-refractivity contribution < 1.29 is 13.6 Å². The molecule has 2 unspecified atom stereocenters. The molecule has 3 N–H and O–H groups in total. The summed E-state index contributed by atoms with van der Waals surface area (Å²) >= 11 is 0. The fourth-order valence-electron chi connectivity index (χ4n) is 2.47. The zero-order valence-corrected chi connectivity index (χ0v) is 10.9. The molecule has 1 fully saturated rings. The van der Waals surface area contributed by atoms with Crippen molar-refractivity contribution in [2.45, 2.75) is 32.2 Å². The Bertz CT molecular complexity index is 491. The zero-order chi connectivity index (χ0) is 14.0. The molecule has 0 saturated heterocycles. The van der Waals surface area contributed by atoms with E-state index in [2.05, 4.69) is 5.32 Å². The van der Waals surface area contributed by atoms with Crippen molar-refractivity contribution in [3.63, 3.8) is 0 Å². The number of hydrogen-bond donors (Lipinski definition) is 2. The SMILES string of the molecule is Cc1cc(C(=O)NCC2CCCC2N)c(F)cc1F. The van der Waals surface area contributed by atoms with Crippen LogP contribution in [-0.4, -0.2) is 18.5 Å². The van der Waals surface area contributed by atoms with Crippen molar-refractivity contribution in [3.8, 4) is 0 Å². The van der Waals surface area contributed by atoms with Gasteiger partial charge in [0.25, 0.3) is 5.91 Å². The van der Waals surface area contributed by atoms with Crippen molar-refractivity contribution >= 4 is 5.91 Å². The summed E-state index contributed by atoms with van der Waals surface area (Å²) in [5.41, 5.74) is 6.04. The first-order valence-corrected chi connectivity index (χ1v) is 6.48. The molecule has 5 heteroatoms. The van der Waals surface area contributed by atoms with Gasteiger partial charge < -0.3 is 11.1 Å². The average Bonchev–Trinajstić information content (AvgIpc) is 2.76. The van der Waals surface area contributed by atoms with Gasteiger partial charge in [-0.25, -0.2) is 8.78 Å². The van der Waals surface area contributed by atoms with Crippen LogP contribution in [0, 0.1) is 24.5 Å². The van der Waals surface area contributed by atoms with Crippen molar-refractivity contribution in [2.24, 2.45) is 11.7 Å². The summed E-state index contributed by atoms with van der Waals surface area (Å²) in [4.78, 5) is 11.9. The predicted molar refractivity (Wildman–Crippen MR) is 68.7 cm³/mol. The van der Waals surface area contributed by atoms with Crippen LogP contribution in [0.2, 0.25) is 0 Å². The zero-order valence-electron chi connectivity index (χ0n) is 10.9. The third kappa shape index (κ3) is 3.10. The monoisotopic (exact) mass is 268 g/mol. The molecule has 0 heterocycles. The van der Waals surface area contributed by atoms with E-state index >= 15 is 0 Å². The largest absolute Gasteiger partial charge is 0.352 e. The number of carbonyl (C=O) groups is 1. The molecule has 19 heavy (non-hydrogen) atoms. The maximum absolute atomic E-state index is 13.5. The molecule has 1 amide bonds. The Balaban J connectivity index is 2.02. The minimum absolute atomic E-state index is 0.0973. The second-order valence-electron chi connectivity index (χ2n) is 5.15. The van der Waals surface area contributed by atoms with E-state index in [9.17, 15) is 13.6 Å². The highest BCUT2D eigenvalue weighted by Crippen LogP contribution is 2.23. The maximum atomic E-state index is 13.5. The summed E-state index contributed by atoms with van der Waals surface area (Å²) in [7, 11) is 0. The Labute approximate surface area is 111 Å². The normalized spacial score (nSPS) is 22.5. The van der Waals surface area contributed by atoms with Crippen LogP contribution in [0.5, 0.6) is 0 Å². The summed E-state index contributed by atoms with van der Waals surface area (Å²) in [6, 6.07) is 2.07. The highest BCUT2D eigenvalue weighted by Gasteiger charge is 2.24. The summed E-state index contributed by atoms with van der Waals surface area (Å²) in [6.07, 6.45) is 3.00. The molecule has 2 atom stereocenters. The van der Waals surface area contributed by atoms with Gasteiger partial charge in [0.05, 0.1) is 5.56 Å². The number of benzene rings is 1. The van der Waals surface area contributed by atoms with Crippen LogP contribution in [0.15, 0.2) is 12.1 Å². The van der Waals surface area contributed by atoms with Gasteiger partial charge in [-0.15, -0.1) is 0 Å². The van der Waals surface area contributed by atoms with E-state index in [1.54, 1.807) is 0 Å². The topological polar surface area (TPSA) is 55.1 Å². The fourth-order valence-corrected chi connectivity index (χ4v) is 2.47. The number of nitrogens with one attached hydrogen (secondary N) is 1. The van der Waals surface area contributed by atoms with Gasteiger partial charge in [-0.3, -0.25) is 4.79 Å². The molecule has 0 bridgehead atoms. The number of carbonyl (C=O) groups excluding carboxylic acids is 1. The highest BCUT2D eigenvalue weighted by atomic mass is 19.1. The molecule has 3 nitrogen and oxygen atoms in total. The van der Waals surface area contributed by atoms with Crippen LogP contribution >= 0.6 is 0 Å². The first kappa shape index (κ1) is 13.9. The third-order valence-electron chi connectivity index (χ3n) is 3.74. The van der Waals surface area contributed by atoms with Crippen LogP contribution in [0.3, 0.4) is 0 Å². The fraction of sp³-hybridized carbons (Fsp3) is 0.500. The molecule has 0 spiro atoms. The lowest BCUT2D eigenvalue weighted by molar-refractivity contribution is 0.0942. The Hall–Kier alpha value is -1.49. The van der Waals surface area contributed by atoms with Gasteiger partial charge in [0.15, 0.2) is 0 Å². The number of hydrogen-bond acceptors (Lipinski definition) is 2. The summed E-state index contributed by atoms with van der Waals surface area (Å²) in [5.74, 6) is -1.75. The van der Waals surface area contributed by atoms with Gasteiger partial charge in [0.1, 0.15) is 11.6 Å². The maximum Gasteiger partial charge on any atom is 0.254 e. The lowest BCUT2D eigenvalue weighted by Gasteiger charge is -2.16. The molecular formula is C14H18F2N2O. The number of halogens is 2. The van der Waals surface area contributed by atoms with Gasteiger partial charge in [-0.1, -0.05) is 6.42 Å². The van der Waals surface area contributed by atoms with E-state index in [0.717, 1.165) is 25.3 Å². The molecule has 1 aliphatic carbocycles. The summed E-state index contributed by atoms with van der Waals surface area (Å²) in [6.45, 7) is 1.94. The van der Waals surface area contributed by atoms with E-state index < -0.39 is 17.5 Å². The lowest BCUT2D eigenvalue weighted by Crippen LogP contribution is -2.36. The number of nitrogens with two attached hydrogens (primary N) is 1. The van der Waals surface area contributed by atoms with E-state index in [1.807, 2.05) is 0 Å². The molecule has 2 rings (SSSR count). The van der Waals surface area contributed by atoms with Gasteiger partial charge in [-0.05, 0) is 37.3 Å². The molecular weight excluding hydrogens is 250 g/mol. The second kappa shape index (κ2) is 5.65. The smallest absolute Gasteiger partial charge is 0.254 e. The minimum Gasteiger partial charge on any atom is -0.352 e. The van der Waals surface area contributed by atoms with Gasteiger partial charge >= 0.3 is 0 Å². The molecule has 104 valence electrons. The number of aryl methyl sites for hydroxylation is 1. The quantitative estimate of drug-likeness (QED) is 0.882. The van der Waals surface area contributed by atoms with Crippen LogP contribution in [0.25, 0.3) is 0 Å². The van der Waals surface area contributed by atoms with Crippen LogP contribution in [0.1, 0.15) is 35.2 Å². The van der Waals surface area contributed by atoms with Crippen LogP contribution in [-0.2, 0) is 0 Å². The van der Waals surface area contributed by atoms with E-state index in [0.29, 0.717) is 6.54 Å². The summed E-state index contributed by atoms with van der Waals surface area (Å²) in [5, 5.41) is 2.68. The Morgan fingerprint density at radius 1 is 1.37 bits per heavy atom. The van der Waals surface area contributed by atoms with Crippen molar-refractivity contribution in [1.82, 2.24) is 5.32 Å². The number of amides is 1. The average molecular weight is 268 g/mol. The van der Waals surface area contributed by atoms with Crippen LogP contribution < -0.4 is 11.1 Å². The van der Waals surface area contributed by atoms with Gasteiger partial charge in [-0.2, -0.15) is 0 Å². The number of rotatable bonds is 3. The van der Waals surface area contributed by atoms with Gasteiger partial charge in [0, 0.05) is 18.7 Å².